The summed E-state index contributed by atoms with van der Waals surface area (Å²) >= 11 is 0. The smallest absolute Gasteiger partial charge is 0.247 e. The van der Waals surface area contributed by atoms with Crippen LogP contribution in [0.4, 0.5) is 0 Å². The van der Waals surface area contributed by atoms with Crippen molar-refractivity contribution in [3.05, 3.63) is 60.0 Å². The molecule has 0 atom stereocenters. The van der Waals surface area contributed by atoms with E-state index in [-0.39, 0.29) is 0 Å². The third-order valence-electron chi connectivity index (χ3n) is 3.95. The van der Waals surface area contributed by atoms with Gasteiger partial charge in [0, 0.05) is 5.56 Å². The largest absolute Gasteiger partial charge is 0.490 e. The minimum atomic E-state index is 0.477. The molecule has 5 nitrogen and oxygen atoms in total. The van der Waals surface area contributed by atoms with Gasteiger partial charge in [-0.15, -0.1) is 10.2 Å². The summed E-state index contributed by atoms with van der Waals surface area (Å²) in [4.78, 5) is 0. The van der Waals surface area contributed by atoms with Gasteiger partial charge in [-0.2, -0.15) is 0 Å². The van der Waals surface area contributed by atoms with E-state index in [0.717, 1.165) is 17.1 Å². The minimum absolute atomic E-state index is 0.477. The molecule has 5 heteroatoms. The molecule has 3 rings (SSSR count). The van der Waals surface area contributed by atoms with Crippen LogP contribution in [0.15, 0.2) is 53.3 Å². The second-order valence-electron chi connectivity index (χ2n) is 6.14. The molecule has 0 unspecified atom stereocenters. The molecule has 0 radical (unpaired) electrons. The zero-order chi connectivity index (χ0) is 17.6. The average molecular weight is 338 g/mol. The first-order valence-corrected chi connectivity index (χ1v) is 8.36. The Bertz CT molecular complexity index is 796. The highest BCUT2D eigenvalue weighted by Gasteiger charge is 2.05. The predicted molar refractivity (Wildman–Crippen MR) is 96.0 cm³/mol. The summed E-state index contributed by atoms with van der Waals surface area (Å²) in [6, 6.07) is 13.8. The van der Waals surface area contributed by atoms with Gasteiger partial charge < -0.3 is 13.9 Å². The second-order valence-corrected chi connectivity index (χ2v) is 6.14. The lowest BCUT2D eigenvalue weighted by atomic mass is 9.98. The van der Waals surface area contributed by atoms with Gasteiger partial charge >= 0.3 is 0 Å². The van der Waals surface area contributed by atoms with Gasteiger partial charge in [-0.05, 0) is 60.4 Å². The third kappa shape index (κ3) is 4.38. The number of benzene rings is 2. The minimum Gasteiger partial charge on any atom is -0.490 e. The number of ether oxygens (including phenoxy) is 2. The maximum Gasteiger partial charge on any atom is 0.247 e. The predicted octanol–water partition coefficient (Wildman–Crippen LogP) is 4.63. The highest BCUT2D eigenvalue weighted by molar-refractivity contribution is 5.53. The molecule has 2 aromatic carbocycles. The highest BCUT2D eigenvalue weighted by Crippen LogP contribution is 2.23. The van der Waals surface area contributed by atoms with E-state index >= 15 is 0 Å². The van der Waals surface area contributed by atoms with Gasteiger partial charge in [-0.25, -0.2) is 0 Å². The van der Waals surface area contributed by atoms with Crippen LogP contribution in [-0.4, -0.2) is 23.4 Å². The lowest BCUT2D eigenvalue weighted by Gasteiger charge is -2.13. The maximum atomic E-state index is 5.77. The SMILES string of the molecule is Cc1cc(OCCOc2ccc(-c3nnco3)cc2)ccc1C(C)C. The molecule has 25 heavy (non-hydrogen) atoms. The van der Waals surface area contributed by atoms with Crippen LogP contribution in [0.5, 0.6) is 11.5 Å². The Hall–Kier alpha value is -2.82. The molecular formula is C20H22N2O3. The van der Waals surface area contributed by atoms with Gasteiger partial charge in [0.1, 0.15) is 24.7 Å². The Balaban J connectivity index is 1.48. The van der Waals surface area contributed by atoms with E-state index in [9.17, 15) is 0 Å². The summed E-state index contributed by atoms with van der Waals surface area (Å²) in [6.45, 7) is 7.47. The number of hydrogen-bond donors (Lipinski definition) is 0. The van der Waals surface area contributed by atoms with Gasteiger partial charge in [0.2, 0.25) is 12.3 Å². The van der Waals surface area contributed by atoms with Crippen molar-refractivity contribution in [3.8, 4) is 23.0 Å². The number of rotatable bonds is 7. The first-order valence-electron chi connectivity index (χ1n) is 8.36. The van der Waals surface area contributed by atoms with Crippen LogP contribution >= 0.6 is 0 Å². The monoisotopic (exact) mass is 338 g/mol. The lowest BCUT2D eigenvalue weighted by molar-refractivity contribution is 0.217. The number of aryl methyl sites for hydroxylation is 1. The normalized spacial score (nSPS) is 10.9. The van der Waals surface area contributed by atoms with E-state index in [4.69, 9.17) is 13.9 Å². The van der Waals surface area contributed by atoms with Crippen LogP contribution in [0, 0.1) is 6.92 Å². The van der Waals surface area contributed by atoms with Crippen molar-refractivity contribution < 1.29 is 13.9 Å². The molecule has 1 aromatic heterocycles. The summed E-state index contributed by atoms with van der Waals surface area (Å²) in [6.07, 6.45) is 1.31. The Morgan fingerprint density at radius 1 is 0.960 bits per heavy atom. The van der Waals surface area contributed by atoms with Gasteiger partial charge in [0.15, 0.2) is 0 Å². The quantitative estimate of drug-likeness (QED) is 0.588. The van der Waals surface area contributed by atoms with Crippen molar-refractivity contribution in [2.24, 2.45) is 0 Å². The molecule has 0 spiro atoms. The molecule has 0 aliphatic carbocycles. The second kappa shape index (κ2) is 7.83. The van der Waals surface area contributed by atoms with Crippen LogP contribution in [0.1, 0.15) is 30.9 Å². The van der Waals surface area contributed by atoms with Crippen molar-refractivity contribution in [2.45, 2.75) is 26.7 Å². The van der Waals surface area contributed by atoms with Gasteiger partial charge in [0.05, 0.1) is 0 Å². The van der Waals surface area contributed by atoms with Crippen molar-refractivity contribution in [2.75, 3.05) is 13.2 Å². The zero-order valence-corrected chi connectivity index (χ0v) is 14.7. The fourth-order valence-corrected chi connectivity index (χ4v) is 2.70. The van der Waals surface area contributed by atoms with Crippen LogP contribution in [0.2, 0.25) is 0 Å². The Morgan fingerprint density at radius 3 is 2.24 bits per heavy atom. The highest BCUT2D eigenvalue weighted by atomic mass is 16.5. The average Bonchev–Trinajstić information content (AvgIpc) is 3.13. The van der Waals surface area contributed by atoms with Crippen molar-refractivity contribution in [1.82, 2.24) is 10.2 Å². The van der Waals surface area contributed by atoms with Crippen LogP contribution in [0.3, 0.4) is 0 Å². The van der Waals surface area contributed by atoms with Crippen molar-refractivity contribution in [3.63, 3.8) is 0 Å². The van der Waals surface area contributed by atoms with Crippen LogP contribution < -0.4 is 9.47 Å². The molecule has 0 amide bonds. The van der Waals surface area contributed by atoms with Crippen molar-refractivity contribution >= 4 is 0 Å². The molecule has 0 N–H and O–H groups in total. The molecule has 1 heterocycles. The number of aromatic nitrogens is 2. The van der Waals surface area contributed by atoms with E-state index in [0.29, 0.717) is 25.0 Å². The standard InChI is InChI=1S/C20H22N2O3/c1-14(2)19-9-8-18(12-15(19)3)24-11-10-23-17-6-4-16(5-7-17)20-22-21-13-25-20/h4-9,12-14H,10-11H2,1-3H3. The molecule has 0 saturated heterocycles. The molecule has 0 saturated carbocycles. The fourth-order valence-electron chi connectivity index (χ4n) is 2.70. The summed E-state index contributed by atoms with van der Waals surface area (Å²) in [5, 5.41) is 7.54. The van der Waals surface area contributed by atoms with Crippen molar-refractivity contribution in [1.29, 1.82) is 0 Å². The fraction of sp³-hybridized carbons (Fsp3) is 0.300. The number of hydrogen-bond acceptors (Lipinski definition) is 5. The molecule has 0 fully saturated rings. The van der Waals surface area contributed by atoms with Crippen LogP contribution in [0.25, 0.3) is 11.5 Å². The van der Waals surface area contributed by atoms with E-state index in [2.05, 4.69) is 43.1 Å². The van der Waals surface area contributed by atoms with Gasteiger partial charge in [-0.3, -0.25) is 0 Å². The molecule has 0 aliphatic rings. The molecule has 3 aromatic rings. The molecule has 0 bridgehead atoms. The Labute approximate surface area is 147 Å². The van der Waals surface area contributed by atoms with Gasteiger partial charge in [0.25, 0.3) is 0 Å². The van der Waals surface area contributed by atoms with E-state index in [1.54, 1.807) is 0 Å². The van der Waals surface area contributed by atoms with Crippen LogP contribution in [-0.2, 0) is 0 Å². The van der Waals surface area contributed by atoms with Gasteiger partial charge in [-0.1, -0.05) is 19.9 Å². The van der Waals surface area contributed by atoms with E-state index in [1.807, 2.05) is 30.3 Å². The Morgan fingerprint density at radius 2 is 1.64 bits per heavy atom. The number of nitrogens with zero attached hydrogens (tertiary/aromatic N) is 2. The lowest BCUT2D eigenvalue weighted by Crippen LogP contribution is -2.09. The zero-order valence-electron chi connectivity index (χ0n) is 14.7. The van der Waals surface area contributed by atoms with E-state index in [1.165, 1.54) is 17.5 Å². The molecule has 0 aliphatic heterocycles. The Kier molecular flexibility index (Phi) is 5.33. The first kappa shape index (κ1) is 17.0. The topological polar surface area (TPSA) is 57.4 Å². The third-order valence-corrected chi connectivity index (χ3v) is 3.95. The van der Waals surface area contributed by atoms with E-state index < -0.39 is 0 Å². The summed E-state index contributed by atoms with van der Waals surface area (Å²) in [5.41, 5.74) is 3.47. The summed E-state index contributed by atoms with van der Waals surface area (Å²) in [5.74, 6) is 2.66. The molecular weight excluding hydrogens is 316 g/mol. The summed E-state index contributed by atoms with van der Waals surface area (Å²) in [7, 11) is 0. The molecule has 130 valence electrons. The first-order chi connectivity index (χ1) is 12.1. The maximum absolute atomic E-state index is 5.77. The summed E-state index contributed by atoms with van der Waals surface area (Å²) < 4.78 is 16.6.